The molecule has 0 radical (unpaired) electrons. The molecule has 0 fully saturated rings. The Morgan fingerprint density at radius 2 is 2.13 bits per heavy atom. The fourth-order valence-corrected chi connectivity index (χ4v) is 1.72. The van der Waals surface area contributed by atoms with Crippen molar-refractivity contribution < 1.29 is 14.7 Å². The van der Waals surface area contributed by atoms with Gasteiger partial charge in [0.1, 0.15) is 6.04 Å². The average molecular weight is 205 g/mol. The molecule has 0 bridgehead atoms. The lowest BCUT2D eigenvalue weighted by molar-refractivity contribution is -0.141. The highest BCUT2D eigenvalue weighted by molar-refractivity contribution is 6.00. The van der Waals surface area contributed by atoms with E-state index in [-0.39, 0.29) is 5.91 Å². The molecular weight excluding hydrogens is 194 g/mol. The van der Waals surface area contributed by atoms with Crippen molar-refractivity contribution in [2.24, 2.45) is 0 Å². The fraction of sp³-hybridized carbons (Fsp3) is 0.273. The maximum Gasteiger partial charge on any atom is 0.326 e. The Hall–Kier alpha value is -1.84. The topological polar surface area (TPSA) is 57.6 Å². The molecule has 78 valence electrons. The minimum atomic E-state index is -0.976. The van der Waals surface area contributed by atoms with Crippen molar-refractivity contribution in [3.05, 3.63) is 35.4 Å². The lowest BCUT2D eigenvalue weighted by Gasteiger charge is -2.19. The summed E-state index contributed by atoms with van der Waals surface area (Å²) < 4.78 is 0. The van der Waals surface area contributed by atoms with Crippen LogP contribution in [0.15, 0.2) is 24.3 Å². The smallest absolute Gasteiger partial charge is 0.326 e. The van der Waals surface area contributed by atoms with Gasteiger partial charge in [-0.05, 0) is 18.6 Å². The Balaban J connectivity index is 2.31. The van der Waals surface area contributed by atoms with E-state index in [0.29, 0.717) is 12.1 Å². The molecule has 0 aromatic heterocycles. The van der Waals surface area contributed by atoms with E-state index < -0.39 is 12.0 Å². The van der Waals surface area contributed by atoms with Gasteiger partial charge in [-0.15, -0.1) is 0 Å². The van der Waals surface area contributed by atoms with Crippen molar-refractivity contribution in [3.8, 4) is 0 Å². The zero-order valence-electron chi connectivity index (χ0n) is 8.30. The number of fused-ring (bicyclic) bond motifs is 1. The number of carbonyl (C=O) groups excluding carboxylic acids is 1. The van der Waals surface area contributed by atoms with Gasteiger partial charge in [0.15, 0.2) is 0 Å². The van der Waals surface area contributed by atoms with Crippen LogP contribution in [0.5, 0.6) is 0 Å². The number of hydrogen-bond acceptors (Lipinski definition) is 2. The number of benzene rings is 1. The summed E-state index contributed by atoms with van der Waals surface area (Å²) in [6.45, 7) is 1.91. The summed E-state index contributed by atoms with van der Waals surface area (Å²) in [4.78, 5) is 24.0. The lowest BCUT2D eigenvalue weighted by Crippen LogP contribution is -2.38. The molecule has 1 aromatic rings. The van der Waals surface area contributed by atoms with Crippen LogP contribution in [-0.2, 0) is 11.3 Å². The molecule has 1 aliphatic heterocycles. The van der Waals surface area contributed by atoms with Crippen molar-refractivity contribution in [2.75, 3.05) is 0 Å². The highest BCUT2D eigenvalue weighted by Crippen LogP contribution is 2.24. The van der Waals surface area contributed by atoms with Crippen LogP contribution in [0.25, 0.3) is 0 Å². The van der Waals surface area contributed by atoms with Crippen molar-refractivity contribution in [1.29, 1.82) is 0 Å². The third-order valence-electron chi connectivity index (χ3n) is 2.67. The van der Waals surface area contributed by atoms with Gasteiger partial charge in [0.05, 0.1) is 0 Å². The Morgan fingerprint density at radius 1 is 1.47 bits per heavy atom. The number of nitrogens with zero attached hydrogens (tertiary/aromatic N) is 1. The summed E-state index contributed by atoms with van der Waals surface area (Å²) in [6, 6.07) is 6.44. The van der Waals surface area contributed by atoms with Crippen LogP contribution in [0, 0.1) is 0 Å². The second kappa shape index (κ2) is 3.38. The minimum absolute atomic E-state index is 0.194. The molecule has 4 nitrogen and oxygen atoms in total. The number of amides is 1. The summed E-state index contributed by atoms with van der Waals surface area (Å²) in [6.07, 6.45) is 0. The van der Waals surface area contributed by atoms with Crippen LogP contribution in [0.3, 0.4) is 0 Å². The van der Waals surface area contributed by atoms with Crippen LogP contribution < -0.4 is 0 Å². The highest BCUT2D eigenvalue weighted by Gasteiger charge is 2.33. The second-order valence-electron chi connectivity index (χ2n) is 3.60. The maximum absolute atomic E-state index is 11.8. The predicted octanol–water partition coefficient (Wildman–Crippen LogP) is 1.12. The van der Waals surface area contributed by atoms with Crippen LogP contribution in [0.2, 0.25) is 0 Å². The van der Waals surface area contributed by atoms with Gasteiger partial charge in [-0.2, -0.15) is 0 Å². The van der Waals surface area contributed by atoms with Crippen molar-refractivity contribution >= 4 is 11.9 Å². The number of carboxylic acid groups (broad SMARTS) is 1. The largest absolute Gasteiger partial charge is 0.480 e. The van der Waals surface area contributed by atoms with Gasteiger partial charge in [0.2, 0.25) is 0 Å². The molecule has 0 unspecified atom stereocenters. The van der Waals surface area contributed by atoms with E-state index >= 15 is 0 Å². The summed E-state index contributed by atoms with van der Waals surface area (Å²) in [5.41, 5.74) is 1.52. The predicted molar refractivity (Wildman–Crippen MR) is 53.4 cm³/mol. The van der Waals surface area contributed by atoms with Gasteiger partial charge >= 0.3 is 5.97 Å². The molecule has 0 aliphatic carbocycles. The fourth-order valence-electron chi connectivity index (χ4n) is 1.72. The van der Waals surface area contributed by atoms with Gasteiger partial charge < -0.3 is 10.0 Å². The standard InChI is InChI=1S/C11H11NO3/c1-7(11(14)15)12-6-8-4-2-3-5-9(8)10(12)13/h2-5,7H,6H2,1H3,(H,14,15)/t7-/m0/s1. The zero-order valence-corrected chi connectivity index (χ0v) is 8.30. The molecule has 1 heterocycles. The zero-order chi connectivity index (χ0) is 11.0. The van der Waals surface area contributed by atoms with Crippen molar-refractivity contribution in [1.82, 2.24) is 4.90 Å². The Morgan fingerprint density at radius 3 is 2.73 bits per heavy atom. The molecule has 0 saturated carbocycles. The molecule has 1 N–H and O–H groups in total. The van der Waals surface area contributed by atoms with E-state index in [2.05, 4.69) is 0 Å². The number of aliphatic carboxylic acids is 1. The van der Waals surface area contributed by atoms with E-state index in [4.69, 9.17) is 5.11 Å². The van der Waals surface area contributed by atoms with Crippen LogP contribution in [-0.4, -0.2) is 27.9 Å². The van der Waals surface area contributed by atoms with Crippen molar-refractivity contribution in [2.45, 2.75) is 19.5 Å². The Kier molecular flexibility index (Phi) is 2.19. The summed E-state index contributed by atoms with van der Waals surface area (Å²) in [5.74, 6) is -1.17. The van der Waals surface area contributed by atoms with E-state index in [1.807, 2.05) is 12.1 Å². The second-order valence-corrected chi connectivity index (χ2v) is 3.60. The first-order chi connectivity index (χ1) is 7.11. The van der Waals surface area contributed by atoms with Crippen molar-refractivity contribution in [3.63, 3.8) is 0 Å². The molecule has 0 spiro atoms. The number of rotatable bonds is 2. The first-order valence-electron chi connectivity index (χ1n) is 4.73. The number of carbonyl (C=O) groups is 2. The van der Waals surface area contributed by atoms with E-state index in [0.717, 1.165) is 5.56 Å². The van der Waals surface area contributed by atoms with Gasteiger partial charge in [-0.1, -0.05) is 18.2 Å². The van der Waals surface area contributed by atoms with Gasteiger partial charge in [0.25, 0.3) is 5.91 Å². The lowest BCUT2D eigenvalue weighted by atomic mass is 10.1. The normalized spacial score (nSPS) is 16.3. The number of hydrogen-bond donors (Lipinski definition) is 1. The summed E-state index contributed by atoms with van der Waals surface area (Å²) in [5, 5.41) is 8.85. The Bertz CT molecular complexity index is 428. The monoisotopic (exact) mass is 205 g/mol. The minimum Gasteiger partial charge on any atom is -0.480 e. The summed E-state index contributed by atoms with van der Waals surface area (Å²) in [7, 11) is 0. The molecule has 1 aromatic carbocycles. The molecule has 0 saturated heterocycles. The van der Waals surface area contributed by atoms with Crippen LogP contribution >= 0.6 is 0 Å². The van der Waals surface area contributed by atoms with Gasteiger partial charge in [-0.25, -0.2) is 4.79 Å². The maximum atomic E-state index is 11.8. The van der Waals surface area contributed by atoms with Crippen LogP contribution in [0.1, 0.15) is 22.8 Å². The molecule has 15 heavy (non-hydrogen) atoms. The SMILES string of the molecule is C[C@@H](C(=O)O)N1Cc2ccccc2C1=O. The van der Waals surface area contributed by atoms with Gasteiger partial charge in [-0.3, -0.25) is 4.79 Å². The van der Waals surface area contributed by atoms with Gasteiger partial charge in [0, 0.05) is 12.1 Å². The van der Waals surface area contributed by atoms with E-state index in [1.165, 1.54) is 11.8 Å². The molecule has 2 rings (SSSR count). The van der Waals surface area contributed by atoms with E-state index in [9.17, 15) is 9.59 Å². The van der Waals surface area contributed by atoms with E-state index in [1.54, 1.807) is 12.1 Å². The highest BCUT2D eigenvalue weighted by atomic mass is 16.4. The molecule has 1 aliphatic rings. The molecule has 1 amide bonds. The molecular formula is C11H11NO3. The molecule has 1 atom stereocenters. The third-order valence-corrected chi connectivity index (χ3v) is 2.67. The van der Waals surface area contributed by atoms with Crippen LogP contribution in [0.4, 0.5) is 0 Å². The first-order valence-corrected chi connectivity index (χ1v) is 4.73. The molecule has 4 heteroatoms. The quantitative estimate of drug-likeness (QED) is 0.787. The Labute approximate surface area is 87.1 Å². The summed E-state index contributed by atoms with van der Waals surface area (Å²) >= 11 is 0. The number of carboxylic acids is 1. The first kappa shape index (κ1) is 9.71. The third kappa shape index (κ3) is 1.48. The average Bonchev–Trinajstić information content (AvgIpc) is 2.56.